The van der Waals surface area contributed by atoms with Crippen molar-refractivity contribution in [1.82, 2.24) is 5.32 Å². The van der Waals surface area contributed by atoms with Crippen LogP contribution in [0.25, 0.3) is 0 Å². The molecule has 7 heteroatoms. The normalized spacial score (nSPS) is 16.3. The third kappa shape index (κ3) is 4.60. The average molecular weight is 352 g/mol. The maximum atomic E-state index is 12.4. The molecule has 0 aromatic heterocycles. The fourth-order valence-electron chi connectivity index (χ4n) is 2.49. The molecule has 1 aliphatic rings. The van der Waals surface area contributed by atoms with E-state index in [1.807, 2.05) is 49.4 Å². The predicted molar refractivity (Wildman–Crippen MR) is 100 cm³/mol. The molecule has 0 spiro atoms. The van der Waals surface area contributed by atoms with E-state index in [1.54, 1.807) is 12.1 Å². The number of nitrogens with zero attached hydrogens (tertiary/aromatic N) is 1. The van der Waals surface area contributed by atoms with Crippen LogP contribution >= 0.6 is 0 Å². The Morgan fingerprint density at radius 2 is 1.88 bits per heavy atom. The first-order valence-corrected chi connectivity index (χ1v) is 8.37. The van der Waals surface area contributed by atoms with Gasteiger partial charge in [0.15, 0.2) is 0 Å². The number of carbonyl (C=O) groups is 2. The second kappa shape index (κ2) is 8.15. The smallest absolute Gasteiger partial charge is 0.249 e. The van der Waals surface area contributed by atoms with E-state index in [1.165, 1.54) is 0 Å². The van der Waals surface area contributed by atoms with Crippen LogP contribution in [-0.4, -0.2) is 30.4 Å². The highest BCUT2D eigenvalue weighted by atomic mass is 16.5. The van der Waals surface area contributed by atoms with E-state index in [-0.39, 0.29) is 24.2 Å². The molecule has 2 amide bonds. The molecule has 1 atom stereocenters. The number of para-hydroxylation sites is 1. The maximum Gasteiger partial charge on any atom is 0.249 e. The van der Waals surface area contributed by atoms with E-state index < -0.39 is 6.04 Å². The lowest BCUT2D eigenvalue weighted by atomic mass is 10.1. The number of ether oxygens (including phenoxy) is 1. The molecule has 3 rings (SSSR count). The molecule has 7 nitrogen and oxygen atoms in total. The van der Waals surface area contributed by atoms with Gasteiger partial charge in [-0.15, -0.1) is 0 Å². The SMILES string of the molecule is CCOc1ccc(NC2=NC(C(=O)Nc3ccccc3)CC(=O)N2)cc1. The van der Waals surface area contributed by atoms with Gasteiger partial charge < -0.3 is 15.4 Å². The highest BCUT2D eigenvalue weighted by Gasteiger charge is 2.27. The van der Waals surface area contributed by atoms with Crippen LogP contribution in [0.4, 0.5) is 11.4 Å². The number of benzene rings is 2. The van der Waals surface area contributed by atoms with Gasteiger partial charge in [-0.3, -0.25) is 14.9 Å². The van der Waals surface area contributed by atoms with Gasteiger partial charge in [-0.1, -0.05) is 18.2 Å². The zero-order valence-electron chi connectivity index (χ0n) is 14.4. The average Bonchev–Trinajstić information content (AvgIpc) is 2.64. The molecule has 26 heavy (non-hydrogen) atoms. The van der Waals surface area contributed by atoms with Crippen molar-refractivity contribution in [2.45, 2.75) is 19.4 Å². The first-order valence-electron chi connectivity index (χ1n) is 8.37. The summed E-state index contributed by atoms with van der Waals surface area (Å²) in [5.41, 5.74) is 1.40. The van der Waals surface area contributed by atoms with Crippen LogP contribution in [0.15, 0.2) is 59.6 Å². The van der Waals surface area contributed by atoms with Crippen LogP contribution in [0.2, 0.25) is 0 Å². The van der Waals surface area contributed by atoms with E-state index in [2.05, 4.69) is 20.9 Å². The third-order valence-corrected chi connectivity index (χ3v) is 3.69. The Morgan fingerprint density at radius 1 is 1.15 bits per heavy atom. The van der Waals surface area contributed by atoms with Crippen molar-refractivity contribution in [1.29, 1.82) is 0 Å². The van der Waals surface area contributed by atoms with Crippen LogP contribution in [0.1, 0.15) is 13.3 Å². The van der Waals surface area contributed by atoms with Crippen LogP contribution in [0.5, 0.6) is 5.75 Å². The standard InChI is InChI=1S/C19H20N4O3/c1-2-26-15-10-8-14(9-11-15)21-19-22-16(12-17(24)23-19)18(25)20-13-6-4-3-5-7-13/h3-11,16H,2,12H2,1H3,(H,20,25)(H2,21,22,23,24). The minimum Gasteiger partial charge on any atom is -0.494 e. The molecule has 1 aliphatic heterocycles. The summed E-state index contributed by atoms with van der Waals surface area (Å²) in [6, 6.07) is 15.5. The fraction of sp³-hybridized carbons (Fsp3) is 0.211. The zero-order valence-corrected chi connectivity index (χ0v) is 14.4. The number of hydrogen-bond acceptors (Lipinski definition) is 5. The predicted octanol–water partition coefficient (Wildman–Crippen LogP) is 2.38. The quantitative estimate of drug-likeness (QED) is 0.770. The molecule has 2 aromatic carbocycles. The zero-order chi connectivity index (χ0) is 18.4. The molecule has 0 aliphatic carbocycles. The van der Waals surface area contributed by atoms with Crippen molar-refractivity contribution in [3.05, 3.63) is 54.6 Å². The summed E-state index contributed by atoms with van der Waals surface area (Å²) in [5.74, 6) is 0.421. The molecular weight excluding hydrogens is 332 g/mol. The van der Waals surface area contributed by atoms with E-state index in [0.717, 1.165) is 11.4 Å². The summed E-state index contributed by atoms with van der Waals surface area (Å²) in [4.78, 5) is 28.6. The molecule has 2 aromatic rings. The summed E-state index contributed by atoms with van der Waals surface area (Å²) in [6.07, 6.45) is 0.00707. The van der Waals surface area contributed by atoms with Crippen LogP contribution in [-0.2, 0) is 9.59 Å². The van der Waals surface area contributed by atoms with Crippen LogP contribution in [0.3, 0.4) is 0 Å². The molecule has 0 radical (unpaired) electrons. The summed E-state index contributed by atoms with van der Waals surface area (Å²) in [6.45, 7) is 2.51. The van der Waals surface area contributed by atoms with Crippen LogP contribution in [0, 0.1) is 0 Å². The molecular formula is C19H20N4O3. The molecule has 0 bridgehead atoms. The monoisotopic (exact) mass is 352 g/mol. The summed E-state index contributed by atoms with van der Waals surface area (Å²) in [7, 11) is 0. The first kappa shape index (κ1) is 17.5. The number of rotatable bonds is 5. The van der Waals surface area contributed by atoms with Gasteiger partial charge in [0.2, 0.25) is 17.8 Å². The second-order valence-corrected chi connectivity index (χ2v) is 5.68. The Balaban J connectivity index is 1.68. The number of hydrogen-bond donors (Lipinski definition) is 3. The Morgan fingerprint density at radius 3 is 2.58 bits per heavy atom. The lowest BCUT2D eigenvalue weighted by molar-refractivity contribution is -0.124. The Hall–Kier alpha value is -3.35. The molecule has 1 unspecified atom stereocenters. The Kier molecular flexibility index (Phi) is 5.48. The molecule has 0 saturated heterocycles. The van der Waals surface area contributed by atoms with Crippen molar-refractivity contribution in [3.8, 4) is 5.75 Å². The topological polar surface area (TPSA) is 91.8 Å². The van der Waals surface area contributed by atoms with E-state index in [4.69, 9.17) is 4.74 Å². The second-order valence-electron chi connectivity index (χ2n) is 5.68. The number of carbonyl (C=O) groups excluding carboxylic acids is 2. The van der Waals surface area contributed by atoms with Crippen LogP contribution < -0.4 is 20.7 Å². The highest BCUT2D eigenvalue weighted by molar-refractivity contribution is 6.10. The fourth-order valence-corrected chi connectivity index (χ4v) is 2.49. The van der Waals surface area contributed by atoms with E-state index in [0.29, 0.717) is 12.3 Å². The van der Waals surface area contributed by atoms with Gasteiger partial charge in [-0.05, 0) is 43.3 Å². The van der Waals surface area contributed by atoms with Gasteiger partial charge in [-0.2, -0.15) is 0 Å². The van der Waals surface area contributed by atoms with Gasteiger partial charge in [0.05, 0.1) is 13.0 Å². The molecule has 0 saturated carbocycles. The van der Waals surface area contributed by atoms with Gasteiger partial charge >= 0.3 is 0 Å². The number of aliphatic imine (C=N–C) groups is 1. The van der Waals surface area contributed by atoms with E-state index >= 15 is 0 Å². The minimum absolute atomic E-state index is 0.00707. The highest BCUT2D eigenvalue weighted by Crippen LogP contribution is 2.16. The van der Waals surface area contributed by atoms with Crippen molar-refractivity contribution in [2.24, 2.45) is 4.99 Å². The van der Waals surface area contributed by atoms with Gasteiger partial charge in [0.1, 0.15) is 11.8 Å². The first-order chi connectivity index (χ1) is 12.6. The largest absolute Gasteiger partial charge is 0.494 e. The van der Waals surface area contributed by atoms with Crippen molar-refractivity contribution >= 4 is 29.1 Å². The Labute approximate surface area is 151 Å². The Bertz CT molecular complexity index is 803. The third-order valence-electron chi connectivity index (χ3n) is 3.69. The molecule has 134 valence electrons. The van der Waals surface area contributed by atoms with Gasteiger partial charge in [-0.25, -0.2) is 4.99 Å². The molecule has 0 fully saturated rings. The summed E-state index contributed by atoms with van der Waals surface area (Å²) in [5, 5.41) is 8.42. The summed E-state index contributed by atoms with van der Waals surface area (Å²) >= 11 is 0. The molecule has 3 N–H and O–H groups in total. The van der Waals surface area contributed by atoms with Gasteiger partial charge in [0, 0.05) is 11.4 Å². The van der Waals surface area contributed by atoms with E-state index in [9.17, 15) is 9.59 Å². The maximum absolute atomic E-state index is 12.4. The lowest BCUT2D eigenvalue weighted by Gasteiger charge is -2.21. The summed E-state index contributed by atoms with van der Waals surface area (Å²) < 4.78 is 5.39. The van der Waals surface area contributed by atoms with Crippen molar-refractivity contribution < 1.29 is 14.3 Å². The van der Waals surface area contributed by atoms with Crippen molar-refractivity contribution in [2.75, 3.05) is 17.2 Å². The van der Waals surface area contributed by atoms with Gasteiger partial charge in [0.25, 0.3) is 0 Å². The number of amides is 2. The molecule has 1 heterocycles. The number of nitrogens with one attached hydrogen (secondary N) is 3. The van der Waals surface area contributed by atoms with Crippen molar-refractivity contribution in [3.63, 3.8) is 0 Å². The minimum atomic E-state index is -0.783. The lowest BCUT2D eigenvalue weighted by Crippen LogP contribution is -2.45. The number of anilines is 2. The number of guanidine groups is 1.